The van der Waals surface area contributed by atoms with Gasteiger partial charge in [-0.25, -0.2) is 9.18 Å². The second-order valence-electron chi connectivity index (χ2n) is 3.98. The maximum absolute atomic E-state index is 11.9. The van der Waals surface area contributed by atoms with E-state index in [2.05, 4.69) is 10.1 Å². The number of esters is 1. The lowest BCUT2D eigenvalue weighted by atomic mass is 10.1. The minimum absolute atomic E-state index is 0.239. The van der Waals surface area contributed by atoms with Crippen molar-refractivity contribution in [2.24, 2.45) is 0 Å². The van der Waals surface area contributed by atoms with Crippen LogP contribution in [0.2, 0.25) is 5.02 Å². The molecule has 1 rings (SSSR count). The van der Waals surface area contributed by atoms with Gasteiger partial charge in [-0.05, 0) is 23.8 Å². The van der Waals surface area contributed by atoms with E-state index in [1.54, 1.807) is 24.3 Å². The fraction of sp³-hybridized carbons (Fsp3) is 0.286. The molecule has 1 atom stereocenters. The number of alkyl halides is 1. The Morgan fingerprint density at radius 1 is 1.50 bits per heavy atom. The van der Waals surface area contributed by atoms with Crippen molar-refractivity contribution in [1.29, 1.82) is 0 Å². The van der Waals surface area contributed by atoms with Crippen molar-refractivity contribution in [2.45, 2.75) is 12.5 Å². The largest absolute Gasteiger partial charge is 0.467 e. The van der Waals surface area contributed by atoms with Gasteiger partial charge >= 0.3 is 5.97 Å². The number of carbonyl (C=O) groups excluding carboxylic acids is 2. The van der Waals surface area contributed by atoms with Gasteiger partial charge in [-0.15, -0.1) is 0 Å². The third-order valence-electron chi connectivity index (χ3n) is 2.49. The van der Waals surface area contributed by atoms with Gasteiger partial charge < -0.3 is 10.1 Å². The zero-order chi connectivity index (χ0) is 15.0. The van der Waals surface area contributed by atoms with Crippen molar-refractivity contribution >= 4 is 23.5 Å². The van der Waals surface area contributed by atoms with Gasteiger partial charge in [0.1, 0.15) is 12.7 Å². The predicted molar refractivity (Wildman–Crippen MR) is 74.2 cm³/mol. The number of hydrogen-bond donors (Lipinski definition) is 1. The lowest BCUT2D eigenvalue weighted by molar-refractivity contribution is -0.144. The number of allylic oxidation sites excluding steroid dienone is 1. The molecule has 0 aliphatic carbocycles. The van der Waals surface area contributed by atoms with Gasteiger partial charge in [-0.2, -0.15) is 0 Å². The Labute approximate surface area is 121 Å². The van der Waals surface area contributed by atoms with E-state index in [-0.39, 0.29) is 6.42 Å². The average Bonchev–Trinajstić information content (AvgIpc) is 2.43. The first kappa shape index (κ1) is 16.2. The molecule has 0 aromatic heterocycles. The zero-order valence-electron chi connectivity index (χ0n) is 10.9. The average molecular weight is 300 g/mol. The van der Waals surface area contributed by atoms with Crippen LogP contribution in [0.15, 0.2) is 36.4 Å². The highest BCUT2D eigenvalue weighted by atomic mass is 35.5. The number of hydrogen-bond acceptors (Lipinski definition) is 3. The lowest BCUT2D eigenvalue weighted by Crippen LogP contribution is -2.42. The Bertz CT molecular complexity index is 505. The van der Waals surface area contributed by atoms with E-state index in [4.69, 9.17) is 11.6 Å². The Hall–Kier alpha value is -1.88. The van der Waals surface area contributed by atoms with Crippen molar-refractivity contribution in [3.63, 3.8) is 0 Å². The minimum Gasteiger partial charge on any atom is -0.467 e. The van der Waals surface area contributed by atoms with Crippen LogP contribution in [0.5, 0.6) is 0 Å². The van der Waals surface area contributed by atoms with Crippen LogP contribution in [0.1, 0.15) is 5.56 Å². The Balaban J connectivity index is 2.77. The number of ether oxygens (including phenoxy) is 1. The number of methoxy groups -OCH3 is 1. The second-order valence-corrected chi connectivity index (χ2v) is 4.41. The summed E-state index contributed by atoms with van der Waals surface area (Å²) in [6, 6.07) is 6.08. The van der Waals surface area contributed by atoms with E-state index in [9.17, 15) is 14.0 Å². The second kappa shape index (κ2) is 8.32. The molecule has 4 nitrogen and oxygen atoms in total. The molecule has 0 heterocycles. The van der Waals surface area contributed by atoms with Gasteiger partial charge in [0.15, 0.2) is 0 Å². The molecule has 0 aliphatic heterocycles. The Morgan fingerprint density at radius 2 is 2.25 bits per heavy atom. The molecule has 0 fully saturated rings. The third kappa shape index (κ3) is 5.40. The molecule has 6 heteroatoms. The van der Waals surface area contributed by atoms with E-state index in [0.29, 0.717) is 5.02 Å². The summed E-state index contributed by atoms with van der Waals surface area (Å²) < 4.78 is 16.6. The summed E-state index contributed by atoms with van der Waals surface area (Å²) in [6.07, 6.45) is 2.33. The summed E-state index contributed by atoms with van der Waals surface area (Å²) in [4.78, 5) is 23.1. The summed E-state index contributed by atoms with van der Waals surface area (Å²) in [7, 11) is 1.23. The molecule has 20 heavy (non-hydrogen) atoms. The molecule has 108 valence electrons. The van der Waals surface area contributed by atoms with E-state index >= 15 is 0 Å². The van der Waals surface area contributed by atoms with Crippen LogP contribution in [-0.2, 0) is 20.7 Å². The van der Waals surface area contributed by atoms with Crippen LogP contribution >= 0.6 is 11.6 Å². The topological polar surface area (TPSA) is 55.4 Å². The van der Waals surface area contributed by atoms with E-state index in [1.165, 1.54) is 7.11 Å². The number of amides is 1. The summed E-state index contributed by atoms with van der Waals surface area (Å²) in [5.74, 6) is -1.13. The van der Waals surface area contributed by atoms with Gasteiger partial charge in [-0.1, -0.05) is 23.7 Å². The first-order valence-corrected chi connectivity index (χ1v) is 6.30. The van der Waals surface area contributed by atoms with Gasteiger partial charge in [0.05, 0.1) is 7.11 Å². The maximum atomic E-state index is 11.9. The lowest BCUT2D eigenvalue weighted by Gasteiger charge is -2.15. The third-order valence-corrected chi connectivity index (χ3v) is 2.72. The van der Waals surface area contributed by atoms with E-state index in [0.717, 1.165) is 17.7 Å². The molecule has 1 aromatic carbocycles. The SMILES string of the molecule is COC(=O)[C@H](Cc1cccc(Cl)c1)NC(=O)/C=C/CF. The van der Waals surface area contributed by atoms with Crippen LogP contribution in [0.3, 0.4) is 0 Å². The molecule has 0 saturated heterocycles. The number of nitrogens with one attached hydrogen (secondary N) is 1. The predicted octanol–water partition coefficient (Wildman–Crippen LogP) is 2.07. The standard InChI is InChI=1S/C14H15ClFNO3/c1-20-14(19)12(17-13(18)6-3-7-16)9-10-4-2-5-11(15)8-10/h2-6,8,12H,7,9H2,1H3,(H,17,18)/b6-3+/t12-/m0/s1. The van der Waals surface area contributed by atoms with Crippen molar-refractivity contribution in [3.05, 3.63) is 47.0 Å². The first-order valence-electron chi connectivity index (χ1n) is 5.92. The molecule has 1 N–H and O–H groups in total. The highest BCUT2D eigenvalue weighted by Crippen LogP contribution is 2.12. The van der Waals surface area contributed by atoms with Crippen LogP contribution in [-0.4, -0.2) is 31.7 Å². The molecule has 0 radical (unpaired) electrons. The molecule has 0 aliphatic rings. The Kier molecular flexibility index (Phi) is 6.73. The number of rotatable bonds is 6. The normalized spacial score (nSPS) is 12.2. The number of benzene rings is 1. The van der Waals surface area contributed by atoms with Gasteiger partial charge in [0.25, 0.3) is 0 Å². The van der Waals surface area contributed by atoms with Gasteiger partial charge in [0, 0.05) is 17.5 Å². The summed E-state index contributed by atoms with van der Waals surface area (Å²) in [5.41, 5.74) is 0.780. The molecule has 0 spiro atoms. The maximum Gasteiger partial charge on any atom is 0.328 e. The molecule has 0 unspecified atom stereocenters. The Morgan fingerprint density at radius 3 is 2.85 bits per heavy atom. The van der Waals surface area contributed by atoms with Crippen LogP contribution in [0.4, 0.5) is 4.39 Å². The van der Waals surface area contributed by atoms with Crippen molar-refractivity contribution in [1.82, 2.24) is 5.32 Å². The first-order chi connectivity index (χ1) is 9.56. The minimum atomic E-state index is -0.852. The smallest absolute Gasteiger partial charge is 0.328 e. The van der Waals surface area contributed by atoms with Crippen LogP contribution in [0, 0.1) is 0 Å². The van der Waals surface area contributed by atoms with Crippen LogP contribution in [0.25, 0.3) is 0 Å². The molecule has 0 saturated carbocycles. The fourth-order valence-corrected chi connectivity index (χ4v) is 1.82. The highest BCUT2D eigenvalue weighted by Gasteiger charge is 2.21. The molecule has 1 aromatic rings. The molecular formula is C14H15ClFNO3. The quantitative estimate of drug-likeness (QED) is 0.646. The fourth-order valence-electron chi connectivity index (χ4n) is 1.61. The van der Waals surface area contributed by atoms with Crippen LogP contribution < -0.4 is 5.32 Å². The molecule has 0 bridgehead atoms. The van der Waals surface area contributed by atoms with Crippen molar-refractivity contribution < 1.29 is 18.7 Å². The summed E-state index contributed by atoms with van der Waals surface area (Å²) in [5, 5.41) is 3.00. The molecular weight excluding hydrogens is 285 g/mol. The molecule has 1 amide bonds. The number of halogens is 2. The highest BCUT2D eigenvalue weighted by molar-refractivity contribution is 6.30. The van der Waals surface area contributed by atoms with Crippen molar-refractivity contribution in [3.8, 4) is 0 Å². The van der Waals surface area contributed by atoms with Crippen molar-refractivity contribution in [2.75, 3.05) is 13.8 Å². The zero-order valence-corrected chi connectivity index (χ0v) is 11.7. The van der Waals surface area contributed by atoms with Gasteiger partial charge in [-0.3, -0.25) is 4.79 Å². The summed E-state index contributed by atoms with van der Waals surface area (Å²) >= 11 is 5.86. The monoisotopic (exact) mass is 299 g/mol. The number of carbonyl (C=O) groups is 2. The van der Waals surface area contributed by atoms with Gasteiger partial charge in [0.2, 0.25) is 5.91 Å². The van der Waals surface area contributed by atoms with E-state index < -0.39 is 24.6 Å². The van der Waals surface area contributed by atoms with E-state index in [1.807, 2.05) is 0 Å². The summed E-state index contributed by atoms with van der Waals surface area (Å²) in [6.45, 7) is -0.745.